The normalized spacial score (nSPS) is 23.9. The van der Waals surface area contributed by atoms with Gasteiger partial charge in [0.15, 0.2) is 0 Å². The Morgan fingerprint density at radius 2 is 1.70 bits per heavy atom. The van der Waals surface area contributed by atoms with E-state index in [0.29, 0.717) is 5.91 Å². The molecular weight excluding hydrogens is 376 g/mol. The molecule has 1 saturated carbocycles. The Hall–Kier alpha value is -2.34. The maximum Gasteiger partial charge on any atom is 0.270 e. The van der Waals surface area contributed by atoms with E-state index >= 15 is 0 Å². The Bertz CT molecular complexity index is 965. The van der Waals surface area contributed by atoms with Crippen LogP contribution < -0.4 is 0 Å². The van der Waals surface area contributed by atoms with Crippen molar-refractivity contribution in [3.63, 3.8) is 0 Å². The van der Waals surface area contributed by atoms with E-state index in [1.54, 1.807) is 0 Å². The van der Waals surface area contributed by atoms with Gasteiger partial charge in [-0.25, -0.2) is 0 Å². The highest BCUT2D eigenvalue weighted by Crippen LogP contribution is 2.60. The summed E-state index contributed by atoms with van der Waals surface area (Å²) in [5.74, 6) is 0.666. The van der Waals surface area contributed by atoms with Crippen molar-refractivity contribution < 1.29 is 9.59 Å². The van der Waals surface area contributed by atoms with E-state index in [-0.39, 0.29) is 17.2 Å². The quantitative estimate of drug-likeness (QED) is 0.785. The lowest BCUT2D eigenvalue weighted by Gasteiger charge is -2.35. The number of aromatic nitrogens is 1. The van der Waals surface area contributed by atoms with Crippen LogP contribution in [0.5, 0.6) is 0 Å². The van der Waals surface area contributed by atoms with Gasteiger partial charge in [-0.05, 0) is 50.8 Å². The first-order valence-corrected chi connectivity index (χ1v) is 11.4. The van der Waals surface area contributed by atoms with Crippen LogP contribution in [0.3, 0.4) is 0 Å². The third-order valence-corrected chi connectivity index (χ3v) is 7.70. The van der Waals surface area contributed by atoms with Gasteiger partial charge in [0, 0.05) is 62.6 Å². The number of hydrogen-bond acceptors (Lipinski definition) is 3. The van der Waals surface area contributed by atoms with Gasteiger partial charge >= 0.3 is 0 Å². The molecule has 2 aliphatic heterocycles. The lowest BCUT2D eigenvalue weighted by atomic mass is 9.90. The zero-order valence-electron chi connectivity index (χ0n) is 18.1. The number of para-hydroxylation sites is 1. The minimum Gasteiger partial charge on any atom is -0.340 e. The zero-order valence-corrected chi connectivity index (χ0v) is 18.1. The molecule has 2 amide bonds. The Morgan fingerprint density at radius 3 is 2.40 bits per heavy atom. The number of likely N-dealkylation sites (tertiary alicyclic amines) is 1. The molecule has 3 heterocycles. The first-order valence-electron chi connectivity index (χ1n) is 11.4. The van der Waals surface area contributed by atoms with Crippen molar-refractivity contribution in [3.05, 3.63) is 36.0 Å². The van der Waals surface area contributed by atoms with Gasteiger partial charge in [0.1, 0.15) is 5.69 Å². The molecule has 160 valence electrons. The summed E-state index contributed by atoms with van der Waals surface area (Å²) in [4.78, 5) is 32.6. The van der Waals surface area contributed by atoms with Crippen LogP contribution in [0.1, 0.15) is 36.7 Å². The number of fused-ring (bicyclic) bond motifs is 1. The first-order chi connectivity index (χ1) is 14.5. The summed E-state index contributed by atoms with van der Waals surface area (Å²) in [6, 6.07) is 10.2. The summed E-state index contributed by atoms with van der Waals surface area (Å²) < 4.78 is 2.12. The lowest BCUT2D eigenvalue weighted by Crippen LogP contribution is -2.48. The van der Waals surface area contributed by atoms with Crippen LogP contribution in [-0.4, -0.2) is 77.4 Å². The molecule has 0 unspecified atom stereocenters. The highest BCUT2D eigenvalue weighted by molar-refractivity contribution is 5.99. The molecule has 3 fully saturated rings. The topological polar surface area (TPSA) is 48.8 Å². The third kappa shape index (κ3) is 3.22. The number of rotatable bonds is 3. The van der Waals surface area contributed by atoms with Gasteiger partial charge in [-0.3, -0.25) is 9.59 Å². The Morgan fingerprint density at radius 1 is 1.00 bits per heavy atom. The van der Waals surface area contributed by atoms with E-state index < -0.39 is 0 Å². The number of piperazine rings is 1. The number of aryl methyl sites for hydroxylation is 1. The van der Waals surface area contributed by atoms with Crippen molar-refractivity contribution >= 4 is 22.7 Å². The molecule has 0 radical (unpaired) electrons. The number of nitrogens with zero attached hydrogens (tertiary/aromatic N) is 4. The van der Waals surface area contributed by atoms with Crippen LogP contribution >= 0.6 is 0 Å². The molecule has 1 aliphatic carbocycles. The van der Waals surface area contributed by atoms with Crippen LogP contribution in [-0.2, 0) is 11.3 Å². The number of amides is 2. The van der Waals surface area contributed by atoms with Gasteiger partial charge < -0.3 is 19.3 Å². The van der Waals surface area contributed by atoms with Crippen molar-refractivity contribution in [2.24, 2.45) is 11.3 Å². The molecule has 1 aromatic heterocycles. The summed E-state index contributed by atoms with van der Waals surface area (Å²) >= 11 is 0. The monoisotopic (exact) mass is 408 g/mol. The van der Waals surface area contributed by atoms with Crippen LogP contribution in [0, 0.1) is 11.3 Å². The number of benzene rings is 1. The molecular formula is C24H32N4O2. The van der Waals surface area contributed by atoms with Crippen molar-refractivity contribution in [2.45, 2.75) is 32.7 Å². The predicted molar refractivity (Wildman–Crippen MR) is 117 cm³/mol. The number of piperidine rings is 1. The molecule has 1 spiro atoms. The summed E-state index contributed by atoms with van der Waals surface area (Å²) in [5, 5.41) is 1.12. The van der Waals surface area contributed by atoms with E-state index in [0.717, 1.165) is 81.7 Å². The summed E-state index contributed by atoms with van der Waals surface area (Å²) in [7, 11) is 2.12. The minimum absolute atomic E-state index is 0.130. The van der Waals surface area contributed by atoms with Crippen LogP contribution in [0.25, 0.3) is 10.9 Å². The summed E-state index contributed by atoms with van der Waals surface area (Å²) in [6.45, 7) is 8.05. The molecule has 5 rings (SSSR count). The second kappa shape index (κ2) is 7.41. The number of carbonyl (C=O) groups is 2. The van der Waals surface area contributed by atoms with Gasteiger partial charge in [0.2, 0.25) is 5.91 Å². The largest absolute Gasteiger partial charge is 0.340 e. The van der Waals surface area contributed by atoms with E-state index in [1.165, 1.54) is 0 Å². The molecule has 3 aliphatic rings. The second-order valence-corrected chi connectivity index (χ2v) is 9.37. The fourth-order valence-electron chi connectivity index (χ4n) is 5.54. The molecule has 6 nitrogen and oxygen atoms in total. The molecule has 1 atom stereocenters. The van der Waals surface area contributed by atoms with E-state index in [1.807, 2.05) is 23.1 Å². The minimum atomic E-state index is 0.130. The zero-order chi connectivity index (χ0) is 20.9. The standard InChI is InChI=1S/C24H32N4O2/c1-3-28-20-7-5-4-6-18(20)16-21(28)23(30)26-10-8-24(9-11-26)17-19(24)22(29)27-14-12-25(2)13-15-27/h4-7,16,19H,3,8-15,17H2,1-2H3/t19-/m1/s1. The highest BCUT2D eigenvalue weighted by atomic mass is 16.2. The number of likely N-dealkylation sites (N-methyl/N-ethyl adjacent to an activating group) is 1. The van der Waals surface area contributed by atoms with Gasteiger partial charge in [-0.1, -0.05) is 18.2 Å². The van der Waals surface area contributed by atoms with Crippen LogP contribution in [0.2, 0.25) is 0 Å². The Labute approximate surface area is 178 Å². The first kappa shape index (κ1) is 19.6. The molecule has 30 heavy (non-hydrogen) atoms. The fourth-order valence-corrected chi connectivity index (χ4v) is 5.54. The number of carbonyl (C=O) groups excluding carboxylic acids is 2. The molecule has 0 N–H and O–H groups in total. The van der Waals surface area contributed by atoms with Crippen molar-refractivity contribution in [3.8, 4) is 0 Å². The highest BCUT2D eigenvalue weighted by Gasteiger charge is 2.59. The average Bonchev–Trinajstić information content (AvgIpc) is 3.33. The summed E-state index contributed by atoms with van der Waals surface area (Å²) in [5.41, 5.74) is 2.06. The third-order valence-electron chi connectivity index (χ3n) is 7.70. The Kier molecular flexibility index (Phi) is 4.85. The maximum atomic E-state index is 13.3. The fraction of sp³-hybridized carbons (Fsp3) is 0.583. The average molecular weight is 409 g/mol. The van der Waals surface area contributed by atoms with Gasteiger partial charge in [-0.15, -0.1) is 0 Å². The van der Waals surface area contributed by atoms with Crippen LogP contribution in [0.4, 0.5) is 0 Å². The van der Waals surface area contributed by atoms with E-state index in [4.69, 9.17) is 0 Å². The second-order valence-electron chi connectivity index (χ2n) is 9.37. The van der Waals surface area contributed by atoms with Crippen molar-refractivity contribution in [1.82, 2.24) is 19.3 Å². The van der Waals surface area contributed by atoms with Crippen molar-refractivity contribution in [1.29, 1.82) is 0 Å². The molecule has 2 aromatic rings. The van der Waals surface area contributed by atoms with Gasteiger partial charge in [0.05, 0.1) is 0 Å². The van der Waals surface area contributed by atoms with Gasteiger partial charge in [0.25, 0.3) is 5.91 Å². The lowest BCUT2D eigenvalue weighted by molar-refractivity contribution is -0.135. The molecule has 1 aromatic carbocycles. The maximum absolute atomic E-state index is 13.3. The number of hydrogen-bond donors (Lipinski definition) is 0. The predicted octanol–water partition coefficient (Wildman–Crippen LogP) is 2.68. The SMILES string of the molecule is CCn1c(C(=O)N2CCC3(CC2)C[C@@H]3C(=O)N2CCN(C)CC2)cc2ccccc21. The van der Waals surface area contributed by atoms with E-state index in [2.05, 4.69) is 40.5 Å². The molecule has 6 heteroatoms. The molecule has 2 saturated heterocycles. The smallest absolute Gasteiger partial charge is 0.270 e. The van der Waals surface area contributed by atoms with Crippen molar-refractivity contribution in [2.75, 3.05) is 46.3 Å². The summed E-state index contributed by atoms with van der Waals surface area (Å²) in [6.07, 6.45) is 2.92. The Balaban J connectivity index is 1.24. The van der Waals surface area contributed by atoms with Crippen LogP contribution in [0.15, 0.2) is 30.3 Å². The van der Waals surface area contributed by atoms with Gasteiger partial charge in [-0.2, -0.15) is 0 Å². The van der Waals surface area contributed by atoms with E-state index in [9.17, 15) is 9.59 Å². The molecule has 0 bridgehead atoms.